The molecule has 3 aromatic rings. The molecule has 6 nitrogen and oxygen atoms in total. The quantitative estimate of drug-likeness (QED) is 0.318. The van der Waals surface area contributed by atoms with Crippen LogP contribution in [0.1, 0.15) is 28.4 Å². The predicted molar refractivity (Wildman–Crippen MR) is 126 cm³/mol. The second kappa shape index (κ2) is 11.4. The number of methoxy groups -OCH3 is 1. The number of nitrogens with zero attached hydrogens (tertiary/aromatic N) is 1. The van der Waals surface area contributed by atoms with E-state index in [2.05, 4.69) is 10.5 Å². The minimum atomic E-state index is -0.352. The molecule has 1 N–H and O–H groups in total. The van der Waals surface area contributed by atoms with Gasteiger partial charge in [-0.25, -0.2) is 5.43 Å². The molecule has 3 rings (SSSR count). The molecular formula is C24H22Cl2N2O4. The lowest BCUT2D eigenvalue weighted by molar-refractivity contribution is 0.0955. The van der Waals surface area contributed by atoms with Crippen molar-refractivity contribution in [1.82, 2.24) is 5.43 Å². The monoisotopic (exact) mass is 472 g/mol. The second-order valence-corrected chi connectivity index (χ2v) is 7.43. The molecule has 3 aromatic carbocycles. The molecule has 0 aliphatic heterocycles. The first-order valence-electron chi connectivity index (χ1n) is 9.81. The lowest BCUT2D eigenvalue weighted by atomic mass is 10.2. The van der Waals surface area contributed by atoms with Crippen LogP contribution in [0.5, 0.6) is 17.2 Å². The van der Waals surface area contributed by atoms with Crippen molar-refractivity contribution in [2.75, 3.05) is 13.7 Å². The number of hydrazone groups is 1. The number of carbonyl (C=O) groups excluding carboxylic acids is 1. The molecule has 0 saturated heterocycles. The maximum absolute atomic E-state index is 12.4. The van der Waals surface area contributed by atoms with E-state index in [4.69, 9.17) is 37.4 Å². The third-order valence-electron chi connectivity index (χ3n) is 4.41. The number of ether oxygens (including phenoxy) is 3. The van der Waals surface area contributed by atoms with Gasteiger partial charge in [-0.3, -0.25) is 4.79 Å². The third kappa shape index (κ3) is 6.39. The number of nitrogens with one attached hydrogen (secondary N) is 1. The van der Waals surface area contributed by atoms with Crippen LogP contribution >= 0.6 is 23.2 Å². The summed E-state index contributed by atoms with van der Waals surface area (Å²) in [5.74, 6) is 1.56. The second-order valence-electron chi connectivity index (χ2n) is 6.58. The highest BCUT2D eigenvalue weighted by Gasteiger charge is 2.07. The highest BCUT2D eigenvalue weighted by Crippen LogP contribution is 2.24. The first kappa shape index (κ1) is 23.4. The maximum Gasteiger partial charge on any atom is 0.271 e. The van der Waals surface area contributed by atoms with E-state index < -0.39 is 0 Å². The van der Waals surface area contributed by atoms with Crippen LogP contribution in [0.25, 0.3) is 0 Å². The molecule has 0 unspecified atom stereocenters. The summed E-state index contributed by atoms with van der Waals surface area (Å²) in [6, 6.07) is 17.3. The molecule has 166 valence electrons. The van der Waals surface area contributed by atoms with E-state index in [9.17, 15) is 4.79 Å². The lowest BCUT2D eigenvalue weighted by Crippen LogP contribution is -2.17. The smallest absolute Gasteiger partial charge is 0.271 e. The van der Waals surface area contributed by atoms with Crippen molar-refractivity contribution in [3.8, 4) is 17.2 Å². The Balaban J connectivity index is 1.59. The van der Waals surface area contributed by atoms with E-state index in [1.54, 1.807) is 61.7 Å². The molecule has 32 heavy (non-hydrogen) atoms. The Morgan fingerprint density at radius 3 is 2.44 bits per heavy atom. The zero-order valence-electron chi connectivity index (χ0n) is 17.6. The highest BCUT2D eigenvalue weighted by molar-refractivity contribution is 6.35. The average molecular weight is 473 g/mol. The molecule has 0 atom stereocenters. The van der Waals surface area contributed by atoms with Crippen molar-refractivity contribution in [3.05, 3.63) is 87.4 Å². The van der Waals surface area contributed by atoms with Gasteiger partial charge >= 0.3 is 0 Å². The largest absolute Gasteiger partial charge is 0.497 e. The van der Waals surface area contributed by atoms with Gasteiger partial charge in [0.2, 0.25) is 0 Å². The van der Waals surface area contributed by atoms with Crippen molar-refractivity contribution in [2.45, 2.75) is 13.5 Å². The number of benzene rings is 3. The molecule has 0 aromatic heterocycles. The van der Waals surface area contributed by atoms with Crippen molar-refractivity contribution in [3.63, 3.8) is 0 Å². The minimum Gasteiger partial charge on any atom is -0.497 e. The van der Waals surface area contributed by atoms with Crippen LogP contribution in [-0.4, -0.2) is 25.8 Å². The Bertz CT molecular complexity index is 1100. The number of amides is 1. The van der Waals surface area contributed by atoms with Crippen molar-refractivity contribution in [1.29, 1.82) is 0 Å². The van der Waals surface area contributed by atoms with Crippen LogP contribution in [0, 0.1) is 0 Å². The van der Waals surface area contributed by atoms with Crippen LogP contribution in [-0.2, 0) is 6.61 Å². The van der Waals surface area contributed by atoms with E-state index in [1.165, 1.54) is 6.21 Å². The van der Waals surface area contributed by atoms with Gasteiger partial charge in [-0.15, -0.1) is 0 Å². The van der Waals surface area contributed by atoms with E-state index in [-0.39, 0.29) is 12.5 Å². The Labute approximate surface area is 196 Å². The predicted octanol–water partition coefficient (Wildman–Crippen LogP) is 5.74. The highest BCUT2D eigenvalue weighted by atomic mass is 35.5. The lowest BCUT2D eigenvalue weighted by Gasteiger charge is -2.09. The first-order chi connectivity index (χ1) is 15.5. The molecule has 0 heterocycles. The molecule has 1 amide bonds. The summed E-state index contributed by atoms with van der Waals surface area (Å²) in [7, 11) is 1.58. The fourth-order valence-electron chi connectivity index (χ4n) is 2.77. The van der Waals surface area contributed by atoms with Gasteiger partial charge in [0.25, 0.3) is 5.91 Å². The number of hydrogen-bond donors (Lipinski definition) is 1. The van der Waals surface area contributed by atoms with Gasteiger partial charge in [0.1, 0.15) is 23.9 Å². The average Bonchev–Trinajstić information content (AvgIpc) is 2.80. The molecule has 0 spiro atoms. The van der Waals surface area contributed by atoms with E-state index >= 15 is 0 Å². The van der Waals surface area contributed by atoms with Crippen LogP contribution < -0.4 is 19.6 Å². The SMILES string of the molecule is CCOc1ccc(OC)cc1/C=N\NC(=O)c1ccc(OCc2ccc(Cl)cc2Cl)cc1. The first-order valence-corrected chi connectivity index (χ1v) is 10.6. The number of hydrogen-bond acceptors (Lipinski definition) is 5. The topological polar surface area (TPSA) is 69.2 Å². The fraction of sp³-hybridized carbons (Fsp3) is 0.167. The van der Waals surface area contributed by atoms with Gasteiger partial charge in [-0.1, -0.05) is 29.3 Å². The standard InChI is InChI=1S/C24H22Cl2N2O4/c1-3-31-23-11-10-21(30-2)12-18(23)14-27-28-24(29)16-5-8-20(9-6-16)32-15-17-4-7-19(25)13-22(17)26/h4-14H,3,15H2,1-2H3,(H,28,29)/b27-14-. The Morgan fingerprint density at radius 2 is 1.75 bits per heavy atom. The summed E-state index contributed by atoms with van der Waals surface area (Å²) < 4.78 is 16.5. The summed E-state index contributed by atoms with van der Waals surface area (Å²) >= 11 is 12.1. The Kier molecular flexibility index (Phi) is 8.36. The molecule has 0 aliphatic rings. The zero-order chi connectivity index (χ0) is 22.9. The van der Waals surface area contributed by atoms with Crippen LogP contribution in [0.15, 0.2) is 65.8 Å². The molecule has 0 saturated carbocycles. The van der Waals surface area contributed by atoms with Crippen molar-refractivity contribution in [2.24, 2.45) is 5.10 Å². The maximum atomic E-state index is 12.4. The Morgan fingerprint density at radius 1 is 1.00 bits per heavy atom. The number of rotatable bonds is 9. The molecule has 8 heteroatoms. The van der Waals surface area contributed by atoms with Crippen LogP contribution in [0.2, 0.25) is 10.0 Å². The fourth-order valence-corrected chi connectivity index (χ4v) is 3.23. The minimum absolute atomic E-state index is 0.286. The van der Waals surface area contributed by atoms with Gasteiger partial charge < -0.3 is 14.2 Å². The number of carbonyl (C=O) groups is 1. The van der Waals surface area contributed by atoms with Gasteiger partial charge in [-0.05, 0) is 61.5 Å². The zero-order valence-corrected chi connectivity index (χ0v) is 19.1. The van der Waals surface area contributed by atoms with E-state index in [1.807, 2.05) is 13.0 Å². The number of halogens is 2. The summed E-state index contributed by atoms with van der Waals surface area (Å²) in [5.41, 5.74) is 4.45. The summed E-state index contributed by atoms with van der Waals surface area (Å²) in [6.45, 7) is 2.69. The molecule has 0 fully saturated rings. The summed E-state index contributed by atoms with van der Waals surface area (Å²) in [4.78, 5) is 12.4. The van der Waals surface area contributed by atoms with Crippen molar-refractivity contribution < 1.29 is 19.0 Å². The van der Waals surface area contributed by atoms with Crippen LogP contribution in [0.4, 0.5) is 0 Å². The third-order valence-corrected chi connectivity index (χ3v) is 5.00. The van der Waals surface area contributed by atoms with Gasteiger partial charge in [-0.2, -0.15) is 5.10 Å². The van der Waals surface area contributed by atoms with Gasteiger partial charge in [0, 0.05) is 26.7 Å². The molecule has 0 bridgehead atoms. The van der Waals surface area contributed by atoms with E-state index in [0.717, 1.165) is 5.56 Å². The molecule has 0 aliphatic carbocycles. The molecule has 0 radical (unpaired) electrons. The van der Waals surface area contributed by atoms with Gasteiger partial charge in [0.05, 0.1) is 19.9 Å². The van der Waals surface area contributed by atoms with Crippen LogP contribution in [0.3, 0.4) is 0 Å². The van der Waals surface area contributed by atoms with E-state index in [0.29, 0.717) is 45.0 Å². The van der Waals surface area contributed by atoms with Gasteiger partial charge in [0.15, 0.2) is 0 Å². The summed E-state index contributed by atoms with van der Waals surface area (Å²) in [5, 5.41) is 5.14. The van der Waals surface area contributed by atoms with Crippen molar-refractivity contribution >= 4 is 35.3 Å². The summed E-state index contributed by atoms with van der Waals surface area (Å²) in [6.07, 6.45) is 1.51. The Hall–Kier alpha value is -3.22. The normalized spacial score (nSPS) is 10.8. The molecular weight excluding hydrogens is 451 g/mol.